The van der Waals surface area contributed by atoms with Crippen molar-refractivity contribution in [1.82, 2.24) is 10.2 Å². The average molecular weight is 351 g/mol. The fourth-order valence-electron chi connectivity index (χ4n) is 2.22. The molecule has 0 spiro atoms. The molecule has 0 bridgehead atoms. The molecule has 2 aromatic rings. The van der Waals surface area contributed by atoms with Crippen molar-refractivity contribution in [2.45, 2.75) is 20.5 Å². The normalized spacial score (nSPS) is 10.8. The van der Waals surface area contributed by atoms with E-state index in [4.69, 9.17) is 20.8 Å². The molecule has 0 radical (unpaired) electrons. The second kappa shape index (κ2) is 9.35. The van der Waals surface area contributed by atoms with Crippen molar-refractivity contribution in [2.75, 3.05) is 26.2 Å². The summed E-state index contributed by atoms with van der Waals surface area (Å²) in [6, 6.07) is 10.5. The molecule has 1 amide bonds. The quantitative estimate of drug-likeness (QED) is 0.751. The standard InChI is InChI=1S/C18H23ClN2O3/c1-3-21(4-2)12-11-20-18(22)17-10-9-16(24-17)13-23-15-7-5-14(19)6-8-15/h5-10H,3-4,11-13H2,1-2H3,(H,20,22). The van der Waals surface area contributed by atoms with E-state index in [-0.39, 0.29) is 12.5 Å². The molecule has 0 atom stereocenters. The van der Waals surface area contributed by atoms with Crippen LogP contribution in [0.2, 0.25) is 5.02 Å². The van der Waals surface area contributed by atoms with E-state index in [0.29, 0.717) is 28.8 Å². The molecule has 0 aliphatic heterocycles. The molecule has 1 aromatic carbocycles. The maximum Gasteiger partial charge on any atom is 0.287 e. The minimum atomic E-state index is -0.208. The van der Waals surface area contributed by atoms with Gasteiger partial charge in [-0.2, -0.15) is 0 Å². The van der Waals surface area contributed by atoms with Gasteiger partial charge < -0.3 is 19.4 Å². The lowest BCUT2D eigenvalue weighted by Crippen LogP contribution is -2.34. The molecule has 5 nitrogen and oxygen atoms in total. The molecule has 0 aliphatic carbocycles. The number of carbonyl (C=O) groups is 1. The first-order chi connectivity index (χ1) is 11.6. The van der Waals surface area contributed by atoms with Gasteiger partial charge in [-0.25, -0.2) is 0 Å². The highest BCUT2D eigenvalue weighted by Crippen LogP contribution is 2.17. The smallest absolute Gasteiger partial charge is 0.287 e. The fourth-order valence-corrected chi connectivity index (χ4v) is 2.34. The third-order valence-corrected chi connectivity index (χ3v) is 3.94. The zero-order chi connectivity index (χ0) is 17.4. The third kappa shape index (κ3) is 5.58. The number of nitrogens with zero attached hydrogens (tertiary/aromatic N) is 1. The highest BCUT2D eigenvalue weighted by atomic mass is 35.5. The van der Waals surface area contributed by atoms with E-state index in [1.54, 1.807) is 36.4 Å². The lowest BCUT2D eigenvalue weighted by Gasteiger charge is -2.17. The molecule has 0 fully saturated rings. The van der Waals surface area contributed by atoms with Crippen molar-refractivity contribution in [3.05, 3.63) is 52.9 Å². The molecule has 2 rings (SSSR count). The van der Waals surface area contributed by atoms with Gasteiger partial charge in [0.2, 0.25) is 0 Å². The van der Waals surface area contributed by atoms with Crippen LogP contribution in [0.3, 0.4) is 0 Å². The van der Waals surface area contributed by atoms with Crippen LogP contribution in [0.4, 0.5) is 0 Å². The van der Waals surface area contributed by atoms with E-state index in [1.165, 1.54) is 0 Å². The minimum absolute atomic E-state index is 0.208. The number of hydrogen-bond donors (Lipinski definition) is 1. The minimum Gasteiger partial charge on any atom is -0.486 e. The number of hydrogen-bond acceptors (Lipinski definition) is 4. The van der Waals surface area contributed by atoms with Crippen LogP contribution >= 0.6 is 11.6 Å². The second-order valence-electron chi connectivity index (χ2n) is 5.29. The Hall–Kier alpha value is -1.98. The SMILES string of the molecule is CCN(CC)CCNC(=O)c1ccc(COc2ccc(Cl)cc2)o1. The lowest BCUT2D eigenvalue weighted by molar-refractivity contribution is 0.0917. The van der Waals surface area contributed by atoms with Gasteiger partial charge in [-0.3, -0.25) is 4.79 Å². The molecular formula is C18H23ClN2O3. The van der Waals surface area contributed by atoms with E-state index in [0.717, 1.165) is 19.6 Å². The van der Waals surface area contributed by atoms with Crippen molar-refractivity contribution in [1.29, 1.82) is 0 Å². The molecule has 6 heteroatoms. The number of halogens is 1. The highest BCUT2D eigenvalue weighted by Gasteiger charge is 2.11. The third-order valence-electron chi connectivity index (χ3n) is 3.69. The zero-order valence-corrected chi connectivity index (χ0v) is 14.8. The van der Waals surface area contributed by atoms with Crippen LogP contribution in [0, 0.1) is 0 Å². The summed E-state index contributed by atoms with van der Waals surface area (Å²) in [6.07, 6.45) is 0. The molecule has 1 heterocycles. The first-order valence-corrected chi connectivity index (χ1v) is 8.47. The summed E-state index contributed by atoms with van der Waals surface area (Å²) in [6.45, 7) is 7.83. The van der Waals surface area contributed by atoms with Gasteiger partial charge in [0.05, 0.1) is 0 Å². The van der Waals surface area contributed by atoms with Gasteiger partial charge in [0.15, 0.2) is 5.76 Å². The molecular weight excluding hydrogens is 328 g/mol. The van der Waals surface area contributed by atoms with E-state index >= 15 is 0 Å². The molecule has 0 unspecified atom stereocenters. The fraction of sp³-hybridized carbons (Fsp3) is 0.389. The monoisotopic (exact) mass is 350 g/mol. The van der Waals surface area contributed by atoms with Crippen molar-refractivity contribution < 1.29 is 13.9 Å². The molecule has 130 valence electrons. The number of amides is 1. The van der Waals surface area contributed by atoms with E-state index < -0.39 is 0 Å². The van der Waals surface area contributed by atoms with E-state index in [9.17, 15) is 4.79 Å². The summed E-state index contributed by atoms with van der Waals surface area (Å²) >= 11 is 5.83. The predicted molar refractivity (Wildman–Crippen MR) is 94.6 cm³/mol. The zero-order valence-electron chi connectivity index (χ0n) is 14.0. The Morgan fingerprint density at radius 2 is 1.88 bits per heavy atom. The van der Waals surface area contributed by atoms with Crippen LogP contribution in [-0.2, 0) is 6.61 Å². The topological polar surface area (TPSA) is 54.7 Å². The second-order valence-corrected chi connectivity index (χ2v) is 5.73. The van der Waals surface area contributed by atoms with Crippen molar-refractivity contribution >= 4 is 17.5 Å². The summed E-state index contributed by atoms with van der Waals surface area (Å²) in [5.41, 5.74) is 0. The summed E-state index contributed by atoms with van der Waals surface area (Å²) in [7, 11) is 0. The van der Waals surface area contributed by atoms with Crippen LogP contribution in [0.5, 0.6) is 5.75 Å². The van der Waals surface area contributed by atoms with Gasteiger partial charge in [0.1, 0.15) is 18.1 Å². The van der Waals surface area contributed by atoms with Gasteiger partial charge in [-0.05, 0) is 49.5 Å². The lowest BCUT2D eigenvalue weighted by atomic mass is 10.3. The Bertz CT molecular complexity index is 636. The number of ether oxygens (including phenoxy) is 1. The number of likely N-dealkylation sites (N-methyl/N-ethyl adjacent to an activating group) is 1. The molecule has 0 saturated heterocycles. The van der Waals surface area contributed by atoms with Crippen LogP contribution < -0.4 is 10.1 Å². The first kappa shape index (κ1) is 18.4. The Labute approximate surface area is 147 Å². The number of nitrogens with one attached hydrogen (secondary N) is 1. The molecule has 0 saturated carbocycles. The van der Waals surface area contributed by atoms with E-state index in [1.807, 2.05) is 0 Å². The molecule has 24 heavy (non-hydrogen) atoms. The predicted octanol–water partition coefficient (Wildman–Crippen LogP) is 3.58. The summed E-state index contributed by atoms with van der Waals surface area (Å²) in [4.78, 5) is 14.3. The maximum atomic E-state index is 12.0. The van der Waals surface area contributed by atoms with Gasteiger partial charge in [-0.15, -0.1) is 0 Å². The van der Waals surface area contributed by atoms with Gasteiger partial charge in [0.25, 0.3) is 5.91 Å². The van der Waals surface area contributed by atoms with Gasteiger partial charge in [-0.1, -0.05) is 25.4 Å². The van der Waals surface area contributed by atoms with E-state index in [2.05, 4.69) is 24.1 Å². The maximum absolute atomic E-state index is 12.0. The van der Waals surface area contributed by atoms with Crippen LogP contribution in [-0.4, -0.2) is 37.0 Å². The van der Waals surface area contributed by atoms with Gasteiger partial charge >= 0.3 is 0 Å². The van der Waals surface area contributed by atoms with Crippen molar-refractivity contribution in [3.63, 3.8) is 0 Å². The Balaban J connectivity index is 1.79. The number of benzene rings is 1. The number of carbonyl (C=O) groups excluding carboxylic acids is 1. The first-order valence-electron chi connectivity index (χ1n) is 8.10. The molecule has 1 N–H and O–H groups in total. The summed E-state index contributed by atoms with van der Waals surface area (Å²) < 4.78 is 11.1. The number of rotatable bonds is 9. The Morgan fingerprint density at radius 1 is 1.17 bits per heavy atom. The van der Waals surface area contributed by atoms with Crippen LogP contribution in [0.1, 0.15) is 30.2 Å². The highest BCUT2D eigenvalue weighted by molar-refractivity contribution is 6.30. The molecule has 0 aliphatic rings. The van der Waals surface area contributed by atoms with Crippen LogP contribution in [0.15, 0.2) is 40.8 Å². The largest absolute Gasteiger partial charge is 0.486 e. The van der Waals surface area contributed by atoms with Crippen molar-refractivity contribution in [3.8, 4) is 5.75 Å². The Morgan fingerprint density at radius 3 is 2.54 bits per heavy atom. The molecule has 1 aromatic heterocycles. The van der Waals surface area contributed by atoms with Crippen LogP contribution in [0.25, 0.3) is 0 Å². The van der Waals surface area contributed by atoms with Crippen molar-refractivity contribution in [2.24, 2.45) is 0 Å². The summed E-state index contributed by atoms with van der Waals surface area (Å²) in [5.74, 6) is 1.38. The Kier molecular flexibility index (Phi) is 7.15. The van der Waals surface area contributed by atoms with Gasteiger partial charge in [0, 0.05) is 18.1 Å². The number of furan rings is 1. The summed E-state index contributed by atoms with van der Waals surface area (Å²) in [5, 5.41) is 3.52. The average Bonchev–Trinajstić information content (AvgIpc) is 3.07.